The largest absolute Gasteiger partial charge is 0.507 e. The molecule has 0 bridgehead atoms. The Morgan fingerprint density at radius 1 is 1.33 bits per heavy atom. The van der Waals surface area contributed by atoms with Crippen molar-refractivity contribution in [2.24, 2.45) is 5.92 Å². The molecule has 0 aliphatic rings. The number of carboxylic acid groups (broad SMARTS) is 1. The summed E-state index contributed by atoms with van der Waals surface area (Å²) in [6.07, 6.45) is 0. The molecule has 1 amide bonds. The Bertz CT molecular complexity index is 473. The van der Waals surface area contributed by atoms with E-state index in [-0.39, 0.29) is 11.5 Å². The lowest BCUT2D eigenvalue weighted by atomic mass is 10.0. The van der Waals surface area contributed by atoms with Gasteiger partial charge in [0, 0.05) is 0 Å². The number of carbonyl (C=O) groups excluding carboxylic acids is 1. The molecule has 1 aromatic rings. The Morgan fingerprint density at radius 2 is 1.94 bits per heavy atom. The molecule has 5 nitrogen and oxygen atoms in total. The average Bonchev–Trinajstić information content (AvgIpc) is 2.28. The van der Waals surface area contributed by atoms with Gasteiger partial charge in [0.2, 0.25) is 0 Å². The SMILES string of the molecule is CC(C)C(NC(=O)c1cc(F)ccc1O)C(=O)O. The first kappa shape index (κ1) is 14.0. The van der Waals surface area contributed by atoms with Crippen molar-refractivity contribution in [3.8, 4) is 5.75 Å². The summed E-state index contributed by atoms with van der Waals surface area (Å²) in [7, 11) is 0. The summed E-state index contributed by atoms with van der Waals surface area (Å²) in [6, 6.07) is 1.79. The first-order chi connectivity index (χ1) is 8.32. The van der Waals surface area contributed by atoms with Crippen molar-refractivity contribution in [3.05, 3.63) is 29.6 Å². The number of aliphatic carboxylic acids is 1. The number of hydrogen-bond acceptors (Lipinski definition) is 3. The highest BCUT2D eigenvalue weighted by atomic mass is 19.1. The van der Waals surface area contributed by atoms with Gasteiger partial charge in [-0.25, -0.2) is 9.18 Å². The summed E-state index contributed by atoms with van der Waals surface area (Å²) in [5.41, 5.74) is -0.290. The van der Waals surface area contributed by atoms with Gasteiger partial charge >= 0.3 is 5.97 Å². The molecule has 18 heavy (non-hydrogen) atoms. The first-order valence-electron chi connectivity index (χ1n) is 5.35. The monoisotopic (exact) mass is 255 g/mol. The maximum atomic E-state index is 13.0. The Kier molecular flexibility index (Phi) is 4.25. The second kappa shape index (κ2) is 5.48. The van der Waals surface area contributed by atoms with Crippen LogP contribution in [0.4, 0.5) is 4.39 Å². The number of carbonyl (C=O) groups is 2. The summed E-state index contributed by atoms with van der Waals surface area (Å²) in [4.78, 5) is 22.6. The smallest absolute Gasteiger partial charge is 0.326 e. The van der Waals surface area contributed by atoms with E-state index in [0.29, 0.717) is 0 Å². The minimum absolute atomic E-state index is 0.290. The fraction of sp³-hybridized carbons (Fsp3) is 0.333. The number of halogens is 1. The second-order valence-corrected chi connectivity index (χ2v) is 4.19. The molecule has 0 heterocycles. The predicted octanol–water partition coefficient (Wildman–Crippen LogP) is 1.37. The summed E-state index contributed by atoms with van der Waals surface area (Å²) in [5.74, 6) is -3.43. The van der Waals surface area contributed by atoms with Crippen molar-refractivity contribution in [2.45, 2.75) is 19.9 Å². The lowest BCUT2D eigenvalue weighted by Gasteiger charge is -2.18. The molecule has 3 N–H and O–H groups in total. The predicted molar refractivity (Wildman–Crippen MR) is 61.8 cm³/mol. The highest BCUT2D eigenvalue weighted by Crippen LogP contribution is 2.18. The molecule has 0 aliphatic heterocycles. The van der Waals surface area contributed by atoms with Crippen LogP contribution in [0.25, 0.3) is 0 Å². The van der Waals surface area contributed by atoms with Crippen molar-refractivity contribution >= 4 is 11.9 Å². The zero-order chi connectivity index (χ0) is 13.9. The molecule has 0 saturated heterocycles. The zero-order valence-electron chi connectivity index (χ0n) is 9.98. The minimum Gasteiger partial charge on any atom is -0.507 e. The number of amides is 1. The molecule has 0 fully saturated rings. The van der Waals surface area contributed by atoms with Gasteiger partial charge in [-0.15, -0.1) is 0 Å². The fourth-order valence-electron chi connectivity index (χ4n) is 1.42. The van der Waals surface area contributed by atoms with Gasteiger partial charge in [-0.1, -0.05) is 13.8 Å². The second-order valence-electron chi connectivity index (χ2n) is 4.19. The van der Waals surface area contributed by atoms with Crippen LogP contribution in [0.1, 0.15) is 24.2 Å². The molecule has 1 unspecified atom stereocenters. The third kappa shape index (κ3) is 3.19. The van der Waals surface area contributed by atoms with E-state index in [2.05, 4.69) is 5.32 Å². The van der Waals surface area contributed by atoms with E-state index in [1.165, 1.54) is 0 Å². The van der Waals surface area contributed by atoms with Crippen LogP contribution in [-0.2, 0) is 4.79 Å². The van der Waals surface area contributed by atoms with Crippen LogP contribution >= 0.6 is 0 Å². The Hall–Kier alpha value is -2.11. The van der Waals surface area contributed by atoms with Gasteiger partial charge in [0.15, 0.2) is 0 Å². The molecule has 0 saturated carbocycles. The van der Waals surface area contributed by atoms with E-state index >= 15 is 0 Å². The molecule has 0 aromatic heterocycles. The molecule has 6 heteroatoms. The maximum Gasteiger partial charge on any atom is 0.326 e. The summed E-state index contributed by atoms with van der Waals surface area (Å²) in [6.45, 7) is 3.26. The third-order valence-corrected chi connectivity index (χ3v) is 2.42. The van der Waals surface area contributed by atoms with E-state index in [1.807, 2.05) is 0 Å². The molecular formula is C12H14FNO4. The Balaban J connectivity index is 2.94. The number of benzene rings is 1. The average molecular weight is 255 g/mol. The maximum absolute atomic E-state index is 13.0. The number of hydrogen-bond donors (Lipinski definition) is 3. The van der Waals surface area contributed by atoms with Gasteiger partial charge in [-0.3, -0.25) is 4.79 Å². The molecular weight excluding hydrogens is 241 g/mol. The Labute approximate surface area is 103 Å². The van der Waals surface area contributed by atoms with Gasteiger partial charge in [0.1, 0.15) is 17.6 Å². The highest BCUT2D eigenvalue weighted by molar-refractivity contribution is 5.98. The van der Waals surface area contributed by atoms with E-state index in [9.17, 15) is 19.1 Å². The molecule has 98 valence electrons. The normalized spacial score (nSPS) is 12.2. The molecule has 1 aromatic carbocycles. The molecule has 0 spiro atoms. The number of phenols is 1. The number of aromatic hydroxyl groups is 1. The lowest BCUT2D eigenvalue weighted by molar-refractivity contribution is -0.140. The number of nitrogens with one attached hydrogen (secondary N) is 1. The van der Waals surface area contributed by atoms with Crippen molar-refractivity contribution < 1.29 is 24.2 Å². The minimum atomic E-state index is -1.19. The van der Waals surface area contributed by atoms with Crippen molar-refractivity contribution in [2.75, 3.05) is 0 Å². The standard InChI is InChI=1S/C12H14FNO4/c1-6(2)10(12(17)18)14-11(16)8-5-7(13)3-4-9(8)15/h3-6,10,15H,1-2H3,(H,14,16)(H,17,18). The van der Waals surface area contributed by atoms with Crippen LogP contribution < -0.4 is 5.32 Å². The van der Waals surface area contributed by atoms with Gasteiger partial charge in [0.25, 0.3) is 5.91 Å². The highest BCUT2D eigenvalue weighted by Gasteiger charge is 2.25. The van der Waals surface area contributed by atoms with Crippen LogP contribution in [0.15, 0.2) is 18.2 Å². The summed E-state index contributed by atoms with van der Waals surface area (Å²) >= 11 is 0. The lowest BCUT2D eigenvalue weighted by Crippen LogP contribution is -2.44. The van der Waals surface area contributed by atoms with Crippen molar-refractivity contribution in [1.82, 2.24) is 5.32 Å². The topological polar surface area (TPSA) is 86.6 Å². The quantitative estimate of drug-likeness (QED) is 0.758. The Morgan fingerprint density at radius 3 is 2.44 bits per heavy atom. The van der Waals surface area contributed by atoms with E-state index in [4.69, 9.17) is 5.11 Å². The number of phenolic OH excluding ortho intramolecular Hbond substituents is 1. The van der Waals surface area contributed by atoms with E-state index < -0.39 is 29.5 Å². The van der Waals surface area contributed by atoms with Gasteiger partial charge in [0.05, 0.1) is 5.56 Å². The molecule has 0 radical (unpaired) electrons. The first-order valence-corrected chi connectivity index (χ1v) is 5.35. The summed E-state index contributed by atoms with van der Waals surface area (Å²) in [5, 5.41) is 20.6. The van der Waals surface area contributed by atoms with E-state index in [1.54, 1.807) is 13.8 Å². The van der Waals surface area contributed by atoms with E-state index in [0.717, 1.165) is 18.2 Å². The van der Waals surface area contributed by atoms with Gasteiger partial charge < -0.3 is 15.5 Å². The molecule has 0 aliphatic carbocycles. The number of carboxylic acids is 1. The van der Waals surface area contributed by atoms with Crippen molar-refractivity contribution in [3.63, 3.8) is 0 Å². The number of rotatable bonds is 4. The van der Waals surface area contributed by atoms with Crippen LogP contribution in [0.2, 0.25) is 0 Å². The fourth-order valence-corrected chi connectivity index (χ4v) is 1.42. The third-order valence-electron chi connectivity index (χ3n) is 2.42. The van der Waals surface area contributed by atoms with Crippen LogP contribution in [-0.4, -0.2) is 28.1 Å². The van der Waals surface area contributed by atoms with Crippen molar-refractivity contribution in [1.29, 1.82) is 0 Å². The van der Waals surface area contributed by atoms with Crippen LogP contribution in [0.3, 0.4) is 0 Å². The summed E-state index contributed by atoms with van der Waals surface area (Å²) < 4.78 is 13.0. The van der Waals surface area contributed by atoms with Crippen LogP contribution in [0.5, 0.6) is 5.75 Å². The molecule has 1 atom stereocenters. The molecule has 1 rings (SSSR count). The van der Waals surface area contributed by atoms with Gasteiger partial charge in [-0.05, 0) is 24.1 Å². The van der Waals surface area contributed by atoms with Crippen LogP contribution in [0, 0.1) is 11.7 Å². The zero-order valence-corrected chi connectivity index (χ0v) is 9.98. The van der Waals surface area contributed by atoms with Gasteiger partial charge in [-0.2, -0.15) is 0 Å².